The number of benzene rings is 7. The summed E-state index contributed by atoms with van der Waals surface area (Å²) in [5.41, 5.74) is 7.41. The zero-order valence-electron chi connectivity index (χ0n) is 33.5. The van der Waals surface area contributed by atoms with Gasteiger partial charge in [-0.15, -0.1) is 11.3 Å². The molecule has 0 bridgehead atoms. The summed E-state index contributed by atoms with van der Waals surface area (Å²) in [6.07, 6.45) is 0. The van der Waals surface area contributed by atoms with Gasteiger partial charge in [0.1, 0.15) is 0 Å². The molecule has 0 fully saturated rings. The summed E-state index contributed by atoms with van der Waals surface area (Å²) in [7, 11) is 0. The average molecular weight is 637 g/mol. The predicted octanol–water partition coefficient (Wildman–Crippen LogP) is 10.3. The van der Waals surface area contributed by atoms with E-state index in [4.69, 9.17) is 5.48 Å². The van der Waals surface area contributed by atoms with E-state index in [-0.39, 0.29) is 48.3 Å². The Hall–Kier alpha value is -5.84. The predicted molar refractivity (Wildman–Crippen MR) is 207 cm³/mol. The molecule has 0 aliphatic carbocycles. The van der Waals surface area contributed by atoms with E-state index in [0.29, 0.717) is 44.8 Å². The molecule has 10 rings (SSSR count). The number of nitrogens with zero attached hydrogens (tertiary/aromatic N) is 2. The van der Waals surface area contributed by atoms with Crippen molar-refractivity contribution in [1.29, 1.82) is 0 Å². The highest BCUT2D eigenvalue weighted by Gasteiger charge is 2.45. The second-order valence-electron chi connectivity index (χ2n) is 11.9. The minimum atomic E-state index is -0.587. The maximum atomic E-state index is 9.51. The molecule has 2 nitrogen and oxygen atoms in total. The van der Waals surface area contributed by atoms with Gasteiger partial charge in [-0.05, 0) is 81.7 Å². The molecule has 2 aliphatic rings. The van der Waals surface area contributed by atoms with Gasteiger partial charge in [0, 0.05) is 43.3 Å². The van der Waals surface area contributed by atoms with Crippen molar-refractivity contribution in [2.45, 2.75) is 0 Å². The van der Waals surface area contributed by atoms with Crippen molar-refractivity contribution in [2.75, 3.05) is 9.80 Å². The first kappa shape index (κ1) is 20.4. The smallest absolute Gasteiger partial charge is 0.264 e. The van der Waals surface area contributed by atoms with E-state index < -0.39 is 6.71 Å². The van der Waals surface area contributed by atoms with Crippen molar-refractivity contribution < 1.29 is 11.0 Å². The number of rotatable bonds is 4. The molecule has 0 saturated carbocycles. The van der Waals surface area contributed by atoms with Crippen LogP contribution in [0.25, 0.3) is 32.3 Å². The second kappa shape index (κ2) is 10.9. The fourth-order valence-electron chi connectivity index (χ4n) is 7.30. The largest absolute Gasteiger partial charge is 0.311 e. The number of fused-ring (bicyclic) bond motifs is 6. The Morgan fingerprint density at radius 2 is 1.08 bits per heavy atom. The van der Waals surface area contributed by atoms with Crippen molar-refractivity contribution in [1.82, 2.24) is 0 Å². The number of hydrogen-bond acceptors (Lipinski definition) is 3. The zero-order chi connectivity index (χ0) is 38.6. The van der Waals surface area contributed by atoms with Crippen molar-refractivity contribution in [2.24, 2.45) is 0 Å². The maximum Gasteiger partial charge on any atom is 0.264 e. The van der Waals surface area contributed by atoms with Gasteiger partial charge in [-0.25, -0.2) is 0 Å². The second-order valence-corrected chi connectivity index (χ2v) is 13.0. The monoisotopic (exact) mass is 636 g/mol. The minimum absolute atomic E-state index is 0.104. The van der Waals surface area contributed by atoms with Crippen molar-refractivity contribution in [3.8, 4) is 22.3 Å². The third kappa shape index (κ3) is 4.06. The van der Waals surface area contributed by atoms with E-state index in [1.165, 1.54) is 0 Å². The van der Waals surface area contributed by atoms with Crippen LogP contribution in [0.3, 0.4) is 0 Å². The van der Waals surface area contributed by atoms with Crippen LogP contribution in [0, 0.1) is 0 Å². The molecular formula is C44H29BN2S. The van der Waals surface area contributed by atoms with Crippen LogP contribution in [0.2, 0.25) is 0 Å². The summed E-state index contributed by atoms with van der Waals surface area (Å²) in [5, 5.41) is 0.994. The van der Waals surface area contributed by atoms with Crippen LogP contribution in [0.5, 0.6) is 0 Å². The van der Waals surface area contributed by atoms with E-state index in [2.05, 4.69) is 17.0 Å². The van der Waals surface area contributed by atoms with Gasteiger partial charge in [-0.3, -0.25) is 0 Å². The first-order valence-corrected chi connectivity index (χ1v) is 16.6. The molecule has 2 aliphatic heterocycles. The van der Waals surface area contributed by atoms with Crippen LogP contribution in [0.15, 0.2) is 176 Å². The summed E-state index contributed by atoms with van der Waals surface area (Å²) in [6, 6.07) is 39.0. The number of hydrogen-bond donors (Lipinski definition) is 0. The highest BCUT2D eigenvalue weighted by Crippen LogP contribution is 2.49. The summed E-state index contributed by atoms with van der Waals surface area (Å²) in [4.78, 5) is 4.11. The van der Waals surface area contributed by atoms with E-state index in [1.54, 1.807) is 11.3 Å². The highest BCUT2D eigenvalue weighted by molar-refractivity contribution is 7.33. The Bertz CT molecular complexity index is 2920. The fourth-order valence-corrected chi connectivity index (χ4v) is 8.61. The standard InChI is InChI=1S/C44H29BN2S/c1-4-16-30(17-5-1)34-22-10-11-23-35(34)31-28-39-42-40(29-31)47(33-20-8-3-9-21-33)43-36-24-12-15-27-41(36)48-44(43)45(42)37-25-13-14-26-38(37)46(39)32-18-6-2-7-19-32/h1-29H/i10D,11D,13D,14D,22D,23D,25D,26D. The van der Waals surface area contributed by atoms with Crippen molar-refractivity contribution >= 4 is 78.0 Å². The SMILES string of the molecule is [2H]c1c([2H])c([2H])c2c(c1[2H])B1c3sc4ccccc4c3N(c3ccccc3)c3cc(-c4c([2H])c([2H])c([2H])c([2H])c4-c4ccccc4)cc(c31)N2c1ccccc1. The molecular weight excluding hydrogens is 599 g/mol. The van der Waals surface area contributed by atoms with Gasteiger partial charge in [0.2, 0.25) is 0 Å². The lowest BCUT2D eigenvalue weighted by Gasteiger charge is -2.43. The Balaban J connectivity index is 1.43. The molecule has 4 heteroatoms. The Kier molecular flexibility index (Phi) is 4.62. The van der Waals surface area contributed by atoms with E-state index in [0.717, 1.165) is 37.4 Å². The molecule has 0 radical (unpaired) electrons. The lowest BCUT2D eigenvalue weighted by atomic mass is 9.36. The van der Waals surface area contributed by atoms with Gasteiger partial charge in [0.05, 0.1) is 16.7 Å². The molecule has 0 atom stereocenters. The van der Waals surface area contributed by atoms with Gasteiger partial charge >= 0.3 is 0 Å². The molecule has 0 saturated heterocycles. The first-order valence-electron chi connectivity index (χ1n) is 19.8. The summed E-state index contributed by atoms with van der Waals surface area (Å²) >= 11 is 1.62. The Morgan fingerprint density at radius 3 is 1.81 bits per heavy atom. The van der Waals surface area contributed by atoms with Crippen LogP contribution in [-0.2, 0) is 0 Å². The van der Waals surface area contributed by atoms with Crippen LogP contribution in [-0.4, -0.2) is 6.71 Å². The van der Waals surface area contributed by atoms with Gasteiger partial charge < -0.3 is 9.80 Å². The highest BCUT2D eigenvalue weighted by atomic mass is 32.1. The molecule has 0 N–H and O–H groups in total. The fraction of sp³-hybridized carbons (Fsp3) is 0. The third-order valence-electron chi connectivity index (χ3n) is 9.26. The summed E-state index contributed by atoms with van der Waals surface area (Å²) < 4.78 is 75.0. The maximum absolute atomic E-state index is 9.51. The number of para-hydroxylation sites is 3. The van der Waals surface area contributed by atoms with Crippen LogP contribution < -0.4 is 25.5 Å². The van der Waals surface area contributed by atoms with E-state index in [1.807, 2.05) is 120 Å². The van der Waals surface area contributed by atoms with E-state index >= 15 is 0 Å². The normalized spacial score (nSPS) is 15.2. The van der Waals surface area contributed by atoms with Crippen LogP contribution in [0.4, 0.5) is 34.1 Å². The topological polar surface area (TPSA) is 6.48 Å². The van der Waals surface area contributed by atoms with Gasteiger partial charge in [0.15, 0.2) is 0 Å². The lowest BCUT2D eigenvalue weighted by Crippen LogP contribution is -2.60. The van der Waals surface area contributed by atoms with Crippen molar-refractivity contribution in [3.63, 3.8) is 0 Å². The molecule has 7 aromatic carbocycles. The molecule has 48 heavy (non-hydrogen) atoms. The number of thiophene rings is 1. The first-order chi connectivity index (χ1) is 27.2. The van der Waals surface area contributed by atoms with Gasteiger partial charge in [0.25, 0.3) is 6.71 Å². The molecule has 0 spiro atoms. The van der Waals surface area contributed by atoms with E-state index in [9.17, 15) is 5.48 Å². The van der Waals surface area contributed by atoms with Crippen LogP contribution in [0.1, 0.15) is 11.0 Å². The molecule has 8 aromatic rings. The quantitative estimate of drug-likeness (QED) is 0.177. The third-order valence-corrected chi connectivity index (χ3v) is 10.5. The van der Waals surface area contributed by atoms with Gasteiger partial charge in [-0.2, -0.15) is 0 Å². The average Bonchev–Trinajstić information content (AvgIpc) is 3.62. The van der Waals surface area contributed by atoms with Crippen molar-refractivity contribution in [3.05, 3.63) is 176 Å². The Labute approximate surface area is 296 Å². The minimum Gasteiger partial charge on any atom is -0.311 e. The van der Waals surface area contributed by atoms with Gasteiger partial charge in [-0.1, -0.05) is 127 Å². The Morgan fingerprint density at radius 1 is 0.521 bits per heavy atom. The molecule has 0 amide bonds. The molecule has 1 aromatic heterocycles. The molecule has 0 unspecified atom stereocenters. The van der Waals surface area contributed by atoms with Crippen LogP contribution >= 0.6 is 11.3 Å². The lowest BCUT2D eigenvalue weighted by molar-refractivity contribution is 1.26. The summed E-state index contributed by atoms with van der Waals surface area (Å²) in [5.74, 6) is 0. The summed E-state index contributed by atoms with van der Waals surface area (Å²) in [6.45, 7) is -0.587. The zero-order valence-corrected chi connectivity index (χ0v) is 26.3. The molecule has 224 valence electrons. The molecule has 3 heterocycles. The number of anilines is 6.